The first-order valence-electron chi connectivity index (χ1n) is 5.96. The van der Waals surface area contributed by atoms with Gasteiger partial charge in [-0.05, 0) is 32.8 Å². The molecule has 94 valence electrons. The Labute approximate surface area is 106 Å². The van der Waals surface area contributed by atoms with Crippen LogP contribution in [0, 0.1) is 13.8 Å². The standard InChI is InChI=1S/C13H18O3S/c1-9-6-12(10(2)17-9)13(14)8-15-7-11-4-3-5-16-11/h6,11H,3-5,7-8H2,1-2H3. The monoisotopic (exact) mass is 254 g/mol. The first-order chi connectivity index (χ1) is 8.16. The van der Waals surface area contributed by atoms with E-state index in [0.717, 1.165) is 29.9 Å². The molecule has 17 heavy (non-hydrogen) atoms. The third-order valence-electron chi connectivity index (χ3n) is 2.90. The Morgan fingerprint density at radius 2 is 2.41 bits per heavy atom. The molecule has 2 heterocycles. The Bertz CT molecular complexity index is 391. The van der Waals surface area contributed by atoms with Crippen LogP contribution in [0.5, 0.6) is 0 Å². The van der Waals surface area contributed by atoms with Crippen molar-refractivity contribution in [3.05, 3.63) is 21.4 Å². The molecule has 4 heteroatoms. The topological polar surface area (TPSA) is 35.5 Å². The summed E-state index contributed by atoms with van der Waals surface area (Å²) in [5, 5.41) is 0. The molecular weight excluding hydrogens is 236 g/mol. The molecule has 0 bridgehead atoms. The molecule has 1 aromatic heterocycles. The van der Waals surface area contributed by atoms with E-state index in [1.54, 1.807) is 11.3 Å². The van der Waals surface area contributed by atoms with Gasteiger partial charge in [0.1, 0.15) is 6.61 Å². The zero-order valence-electron chi connectivity index (χ0n) is 10.3. The molecule has 0 saturated carbocycles. The van der Waals surface area contributed by atoms with Crippen molar-refractivity contribution >= 4 is 17.1 Å². The van der Waals surface area contributed by atoms with Gasteiger partial charge in [-0.15, -0.1) is 11.3 Å². The lowest BCUT2D eigenvalue weighted by atomic mass is 10.2. The van der Waals surface area contributed by atoms with Gasteiger partial charge in [0.2, 0.25) is 0 Å². The van der Waals surface area contributed by atoms with E-state index in [1.807, 2.05) is 19.9 Å². The molecule has 1 aliphatic heterocycles. The van der Waals surface area contributed by atoms with Crippen LogP contribution >= 0.6 is 11.3 Å². The molecule has 1 aromatic rings. The van der Waals surface area contributed by atoms with Crippen LogP contribution in [0.4, 0.5) is 0 Å². The van der Waals surface area contributed by atoms with E-state index in [0.29, 0.717) is 6.61 Å². The van der Waals surface area contributed by atoms with Crippen molar-refractivity contribution in [2.24, 2.45) is 0 Å². The van der Waals surface area contributed by atoms with Crippen LogP contribution < -0.4 is 0 Å². The van der Waals surface area contributed by atoms with Crippen molar-refractivity contribution < 1.29 is 14.3 Å². The second-order valence-electron chi connectivity index (χ2n) is 4.40. The second-order valence-corrected chi connectivity index (χ2v) is 5.86. The van der Waals surface area contributed by atoms with Crippen LogP contribution in [0.2, 0.25) is 0 Å². The highest BCUT2D eigenvalue weighted by Crippen LogP contribution is 2.21. The Morgan fingerprint density at radius 1 is 1.59 bits per heavy atom. The fraction of sp³-hybridized carbons (Fsp3) is 0.615. The largest absolute Gasteiger partial charge is 0.376 e. The highest BCUT2D eigenvalue weighted by atomic mass is 32.1. The molecule has 1 unspecified atom stereocenters. The number of ether oxygens (including phenoxy) is 2. The van der Waals surface area contributed by atoms with Crippen molar-refractivity contribution in [1.82, 2.24) is 0 Å². The predicted octanol–water partition coefficient (Wildman–Crippen LogP) is 2.74. The van der Waals surface area contributed by atoms with Gasteiger partial charge in [-0.1, -0.05) is 0 Å². The van der Waals surface area contributed by atoms with E-state index in [4.69, 9.17) is 9.47 Å². The maximum absolute atomic E-state index is 11.9. The summed E-state index contributed by atoms with van der Waals surface area (Å²) >= 11 is 1.66. The van der Waals surface area contributed by atoms with Crippen molar-refractivity contribution in [2.75, 3.05) is 19.8 Å². The quantitative estimate of drug-likeness (QED) is 0.758. The molecule has 0 radical (unpaired) electrons. The minimum absolute atomic E-state index is 0.0739. The first kappa shape index (κ1) is 12.7. The summed E-state index contributed by atoms with van der Waals surface area (Å²) in [5.41, 5.74) is 0.805. The molecule has 3 nitrogen and oxygen atoms in total. The summed E-state index contributed by atoms with van der Waals surface area (Å²) in [5.74, 6) is 0.0739. The predicted molar refractivity (Wildman–Crippen MR) is 67.9 cm³/mol. The number of rotatable bonds is 5. The number of hydrogen-bond donors (Lipinski definition) is 0. The van der Waals surface area contributed by atoms with Crippen LogP contribution in [0.25, 0.3) is 0 Å². The third kappa shape index (κ3) is 3.37. The Hall–Kier alpha value is -0.710. The summed E-state index contributed by atoms with van der Waals surface area (Å²) in [6, 6.07) is 1.94. The summed E-state index contributed by atoms with van der Waals surface area (Å²) in [4.78, 5) is 14.1. The Balaban J connectivity index is 1.78. The minimum atomic E-state index is 0.0739. The Kier molecular flexibility index (Phi) is 4.31. The Morgan fingerprint density at radius 3 is 3.00 bits per heavy atom. The van der Waals surface area contributed by atoms with E-state index < -0.39 is 0 Å². The fourth-order valence-corrected chi connectivity index (χ4v) is 2.99. The molecule has 2 rings (SSSR count). The summed E-state index contributed by atoms with van der Waals surface area (Å²) in [6.07, 6.45) is 2.34. The molecule has 1 aliphatic rings. The van der Waals surface area contributed by atoms with Crippen molar-refractivity contribution in [3.8, 4) is 0 Å². The van der Waals surface area contributed by atoms with Gasteiger partial charge in [-0.3, -0.25) is 4.79 Å². The zero-order valence-corrected chi connectivity index (χ0v) is 11.1. The average molecular weight is 254 g/mol. The van der Waals surface area contributed by atoms with E-state index >= 15 is 0 Å². The highest BCUT2D eigenvalue weighted by Gasteiger charge is 2.17. The van der Waals surface area contributed by atoms with Crippen LogP contribution in [-0.4, -0.2) is 31.7 Å². The van der Waals surface area contributed by atoms with Gasteiger partial charge in [-0.2, -0.15) is 0 Å². The lowest BCUT2D eigenvalue weighted by Gasteiger charge is -2.09. The molecule has 1 saturated heterocycles. The lowest BCUT2D eigenvalue weighted by Crippen LogP contribution is -2.18. The molecule has 1 fully saturated rings. The van der Waals surface area contributed by atoms with Gasteiger partial charge < -0.3 is 9.47 Å². The molecular formula is C13H18O3S. The zero-order chi connectivity index (χ0) is 12.3. The third-order valence-corrected chi connectivity index (χ3v) is 3.87. The normalized spacial score (nSPS) is 19.8. The summed E-state index contributed by atoms with van der Waals surface area (Å²) in [6.45, 7) is 5.52. The summed E-state index contributed by atoms with van der Waals surface area (Å²) < 4.78 is 10.9. The smallest absolute Gasteiger partial charge is 0.189 e. The number of Topliss-reactive ketones (excluding diaryl/α,β-unsaturated/α-hetero) is 1. The van der Waals surface area contributed by atoms with Crippen LogP contribution in [0.3, 0.4) is 0 Å². The maximum atomic E-state index is 11.9. The van der Waals surface area contributed by atoms with Gasteiger partial charge in [-0.25, -0.2) is 0 Å². The molecule has 0 spiro atoms. The molecule has 0 aromatic carbocycles. The van der Waals surface area contributed by atoms with E-state index in [9.17, 15) is 4.79 Å². The maximum Gasteiger partial charge on any atom is 0.189 e. The van der Waals surface area contributed by atoms with Crippen molar-refractivity contribution in [2.45, 2.75) is 32.8 Å². The van der Waals surface area contributed by atoms with Crippen molar-refractivity contribution in [3.63, 3.8) is 0 Å². The van der Waals surface area contributed by atoms with Gasteiger partial charge in [0.05, 0.1) is 12.7 Å². The van der Waals surface area contributed by atoms with E-state index in [1.165, 1.54) is 4.88 Å². The average Bonchev–Trinajstić information content (AvgIpc) is 2.88. The fourth-order valence-electron chi connectivity index (χ4n) is 2.04. The highest BCUT2D eigenvalue weighted by molar-refractivity contribution is 7.12. The number of carbonyl (C=O) groups is 1. The first-order valence-corrected chi connectivity index (χ1v) is 6.78. The van der Waals surface area contributed by atoms with E-state index in [2.05, 4.69) is 0 Å². The van der Waals surface area contributed by atoms with Crippen molar-refractivity contribution in [1.29, 1.82) is 0 Å². The molecule has 1 atom stereocenters. The lowest BCUT2D eigenvalue weighted by molar-refractivity contribution is 0.0190. The van der Waals surface area contributed by atoms with Gasteiger partial charge in [0.25, 0.3) is 0 Å². The number of aryl methyl sites for hydroxylation is 2. The van der Waals surface area contributed by atoms with Crippen LogP contribution in [0.15, 0.2) is 6.07 Å². The van der Waals surface area contributed by atoms with E-state index in [-0.39, 0.29) is 18.5 Å². The number of carbonyl (C=O) groups excluding carboxylic acids is 1. The number of hydrogen-bond acceptors (Lipinski definition) is 4. The summed E-state index contributed by atoms with van der Waals surface area (Å²) in [7, 11) is 0. The number of thiophene rings is 1. The molecule has 0 aliphatic carbocycles. The van der Waals surface area contributed by atoms with Gasteiger partial charge in [0, 0.05) is 21.9 Å². The van der Waals surface area contributed by atoms with Gasteiger partial charge >= 0.3 is 0 Å². The molecule has 0 amide bonds. The number of ketones is 1. The van der Waals surface area contributed by atoms with Gasteiger partial charge in [0.15, 0.2) is 5.78 Å². The minimum Gasteiger partial charge on any atom is -0.376 e. The SMILES string of the molecule is Cc1cc(C(=O)COCC2CCCO2)c(C)s1. The second kappa shape index (κ2) is 5.76. The van der Waals surface area contributed by atoms with Crippen LogP contribution in [-0.2, 0) is 9.47 Å². The van der Waals surface area contributed by atoms with Crippen LogP contribution in [0.1, 0.15) is 33.0 Å². The molecule has 0 N–H and O–H groups in total.